The molecule has 16 heteroatoms. The minimum absolute atomic E-state index is 0.0179. The standard InChI is InChI=1S/C45H57N6O8PS/c1-8-29-23-45(29,60(55,56)25-28-14-10-9-11-15-28)50-40(52)37-21-32(24-51(37)41(53)39(44(4,5)6)49-43(54)59-30-16-12-13-17-30)58-38-22-35(36-26-61-42(48-36)46-27(2)3)47-34-20-31(57-7)18-19-33(34)38/h8-11,14-15,18-20,22,26-27,29-30,32,37,39H,1,12-13,16-17,21,23-25H2,2-7H3,(H,46,48)(H,49,54)(H,50,52)(H,55,56)/t29-,32+,37+,39-,45+/m1/s1. The van der Waals surface area contributed by atoms with Gasteiger partial charge < -0.3 is 40.0 Å². The normalized spacial score (nSPS) is 23.0. The summed E-state index contributed by atoms with van der Waals surface area (Å²) in [5.74, 6) is -0.480. The summed E-state index contributed by atoms with van der Waals surface area (Å²) in [6.07, 6.45) is 3.56. The fourth-order valence-corrected chi connectivity index (χ4v) is 11.6. The number of alkyl carbamates (subject to hydrolysis) is 1. The van der Waals surface area contributed by atoms with Crippen molar-refractivity contribution in [1.29, 1.82) is 0 Å². The zero-order chi connectivity index (χ0) is 43.7. The van der Waals surface area contributed by atoms with E-state index >= 15 is 0 Å². The summed E-state index contributed by atoms with van der Waals surface area (Å²) in [6, 6.07) is 14.2. The number of ether oxygens (including phenoxy) is 3. The van der Waals surface area contributed by atoms with Gasteiger partial charge in [0.05, 0.1) is 31.0 Å². The molecule has 1 unspecified atom stereocenters. The van der Waals surface area contributed by atoms with Crippen molar-refractivity contribution < 1.29 is 38.1 Å². The lowest BCUT2D eigenvalue weighted by molar-refractivity contribution is -0.142. The molecule has 0 radical (unpaired) electrons. The molecular weight excluding hydrogens is 816 g/mol. The van der Waals surface area contributed by atoms with Crippen LogP contribution in [-0.4, -0.2) is 86.9 Å². The van der Waals surface area contributed by atoms with Gasteiger partial charge in [0.25, 0.3) is 0 Å². The van der Waals surface area contributed by atoms with Gasteiger partial charge in [-0.2, -0.15) is 0 Å². The van der Waals surface area contributed by atoms with Crippen molar-refractivity contribution in [1.82, 2.24) is 25.5 Å². The Morgan fingerprint density at radius 3 is 2.46 bits per heavy atom. The van der Waals surface area contributed by atoms with E-state index in [1.807, 2.05) is 64.3 Å². The predicted molar refractivity (Wildman–Crippen MR) is 237 cm³/mol. The van der Waals surface area contributed by atoms with Crippen molar-refractivity contribution in [2.45, 2.75) is 115 Å². The molecule has 0 spiro atoms. The van der Waals surface area contributed by atoms with Gasteiger partial charge in [-0.25, -0.2) is 14.8 Å². The topological polar surface area (TPSA) is 181 Å². The molecule has 14 nitrogen and oxygen atoms in total. The van der Waals surface area contributed by atoms with Crippen LogP contribution in [0.5, 0.6) is 11.5 Å². The number of nitrogens with zero attached hydrogens (tertiary/aromatic N) is 3. The fraction of sp³-hybridized carbons (Fsp3) is 0.489. The number of aromatic nitrogens is 2. The quantitative estimate of drug-likeness (QED) is 0.0669. The van der Waals surface area contributed by atoms with Gasteiger partial charge >= 0.3 is 6.09 Å². The average Bonchev–Trinajstić information content (AvgIpc) is 3.61. The van der Waals surface area contributed by atoms with Gasteiger partial charge in [0, 0.05) is 41.3 Å². The van der Waals surface area contributed by atoms with Gasteiger partial charge in [-0.3, -0.25) is 14.2 Å². The molecule has 4 N–H and O–H groups in total. The number of thiazole rings is 1. The van der Waals surface area contributed by atoms with Crippen molar-refractivity contribution in [2.75, 3.05) is 19.0 Å². The van der Waals surface area contributed by atoms with E-state index in [2.05, 4.69) is 22.5 Å². The third-order valence-electron chi connectivity index (χ3n) is 11.7. The van der Waals surface area contributed by atoms with Crippen LogP contribution in [-0.2, 0) is 25.1 Å². The Kier molecular flexibility index (Phi) is 12.9. The monoisotopic (exact) mass is 872 g/mol. The van der Waals surface area contributed by atoms with Crippen LogP contribution in [0.3, 0.4) is 0 Å². The zero-order valence-corrected chi connectivity index (χ0v) is 37.4. The van der Waals surface area contributed by atoms with Crippen molar-refractivity contribution in [3.05, 3.63) is 78.2 Å². The first-order valence-corrected chi connectivity index (χ1v) is 23.7. The van der Waals surface area contributed by atoms with Crippen molar-refractivity contribution >= 4 is 52.6 Å². The van der Waals surface area contributed by atoms with Crippen LogP contribution in [0, 0.1) is 11.3 Å². The van der Waals surface area contributed by atoms with E-state index in [-0.39, 0.29) is 37.7 Å². The maximum atomic E-state index is 14.9. The number of anilines is 1. The van der Waals surface area contributed by atoms with Crippen LogP contribution in [0.25, 0.3) is 22.3 Å². The zero-order valence-electron chi connectivity index (χ0n) is 35.7. The number of methoxy groups -OCH3 is 1. The number of hydrogen-bond acceptors (Lipinski definition) is 11. The lowest BCUT2D eigenvalue weighted by atomic mass is 9.85. The van der Waals surface area contributed by atoms with E-state index in [1.54, 1.807) is 43.5 Å². The lowest BCUT2D eigenvalue weighted by Gasteiger charge is -2.36. The molecule has 3 aliphatic rings. The van der Waals surface area contributed by atoms with Crippen LogP contribution in [0.1, 0.15) is 78.7 Å². The van der Waals surface area contributed by atoms with Crippen molar-refractivity contribution in [3.8, 4) is 22.9 Å². The summed E-state index contributed by atoms with van der Waals surface area (Å²) in [6.45, 7) is 13.5. The SMILES string of the molecule is C=C[C@@H]1C[C@]1(NC(=O)[C@@H]1C[C@H](Oc2cc(-c3csc(NC(C)C)n3)nc3cc(OC)ccc23)CN1C(=O)[C@@H](NC(=O)OC1CCCC1)C(C)(C)C)P(=O)(O)Cc1ccccc1. The number of fused-ring (bicyclic) bond motifs is 1. The molecule has 2 aromatic heterocycles. The van der Waals surface area contributed by atoms with E-state index in [4.69, 9.17) is 24.2 Å². The van der Waals surface area contributed by atoms with Gasteiger partial charge in [-0.05, 0) is 69.1 Å². The highest BCUT2D eigenvalue weighted by Crippen LogP contribution is 2.70. The highest BCUT2D eigenvalue weighted by atomic mass is 32.1. The molecule has 0 bridgehead atoms. The molecular formula is C45H57N6O8PS. The van der Waals surface area contributed by atoms with Gasteiger partial charge in [0.2, 0.25) is 19.2 Å². The third-order valence-corrected chi connectivity index (χ3v) is 15.2. The summed E-state index contributed by atoms with van der Waals surface area (Å²) < 4.78 is 32.3. The molecule has 61 heavy (non-hydrogen) atoms. The van der Waals surface area contributed by atoms with Gasteiger partial charge in [0.15, 0.2) is 5.13 Å². The number of pyridine rings is 1. The maximum Gasteiger partial charge on any atom is 0.408 e. The molecule has 3 heterocycles. The van der Waals surface area contributed by atoms with E-state index in [0.29, 0.717) is 39.4 Å². The molecule has 2 aromatic carbocycles. The Hall–Kier alpha value is -4.98. The van der Waals surface area contributed by atoms with Crippen molar-refractivity contribution in [2.24, 2.45) is 11.3 Å². The molecule has 2 saturated carbocycles. The number of rotatable bonds is 15. The van der Waals surface area contributed by atoms with E-state index in [0.717, 1.165) is 30.8 Å². The molecule has 7 rings (SSSR count). The first kappa shape index (κ1) is 44.1. The minimum Gasteiger partial charge on any atom is -0.497 e. The largest absolute Gasteiger partial charge is 0.497 e. The Bertz CT molecular complexity index is 2310. The number of amides is 3. The van der Waals surface area contributed by atoms with Crippen LogP contribution < -0.4 is 25.4 Å². The minimum atomic E-state index is -4.08. The smallest absolute Gasteiger partial charge is 0.408 e. The second kappa shape index (κ2) is 17.8. The van der Waals surface area contributed by atoms with Crippen LogP contribution >= 0.6 is 18.7 Å². The van der Waals surface area contributed by atoms with E-state index in [9.17, 15) is 23.8 Å². The summed E-state index contributed by atoms with van der Waals surface area (Å²) in [5.41, 5.74) is 1.67. The number of benzene rings is 2. The van der Waals surface area contributed by atoms with Gasteiger partial charge in [-0.1, -0.05) is 57.2 Å². The average molecular weight is 873 g/mol. The lowest BCUT2D eigenvalue weighted by Crippen LogP contribution is -2.58. The predicted octanol–water partition coefficient (Wildman–Crippen LogP) is 8.11. The Morgan fingerprint density at radius 1 is 1.07 bits per heavy atom. The first-order valence-electron chi connectivity index (χ1n) is 21.0. The highest BCUT2D eigenvalue weighted by Gasteiger charge is 2.65. The Balaban J connectivity index is 1.22. The summed E-state index contributed by atoms with van der Waals surface area (Å²) >= 11 is 1.46. The second-order valence-corrected chi connectivity index (χ2v) is 21.1. The fourth-order valence-electron chi connectivity index (χ4n) is 8.37. The number of likely N-dealkylation sites (tertiary alicyclic amines) is 1. The number of hydrogen-bond donors (Lipinski definition) is 4. The molecule has 2 aliphatic carbocycles. The molecule has 4 aromatic rings. The summed E-state index contributed by atoms with van der Waals surface area (Å²) in [4.78, 5) is 65.7. The maximum absolute atomic E-state index is 14.9. The molecule has 1 saturated heterocycles. The van der Waals surface area contributed by atoms with Crippen molar-refractivity contribution in [3.63, 3.8) is 0 Å². The number of carbonyl (C=O) groups is 3. The van der Waals surface area contributed by atoms with E-state index in [1.165, 1.54) is 16.2 Å². The first-order chi connectivity index (χ1) is 29.0. The van der Waals surface area contributed by atoms with Crippen LogP contribution in [0.15, 0.2) is 72.6 Å². The highest BCUT2D eigenvalue weighted by molar-refractivity contribution is 7.59. The molecule has 326 valence electrons. The van der Waals surface area contributed by atoms with Crippen LogP contribution in [0.4, 0.5) is 9.93 Å². The number of nitrogens with one attached hydrogen (secondary N) is 3. The molecule has 6 atom stereocenters. The Morgan fingerprint density at radius 2 is 1.80 bits per heavy atom. The molecule has 1 aliphatic heterocycles. The summed E-state index contributed by atoms with van der Waals surface area (Å²) in [5, 5.41) is 11.0. The summed E-state index contributed by atoms with van der Waals surface area (Å²) in [7, 11) is -2.50. The Labute approximate surface area is 361 Å². The van der Waals surface area contributed by atoms with Crippen LogP contribution in [0.2, 0.25) is 0 Å². The van der Waals surface area contributed by atoms with E-state index < -0.39 is 60.1 Å². The second-order valence-electron chi connectivity index (χ2n) is 17.8. The van der Waals surface area contributed by atoms with Gasteiger partial charge in [-0.15, -0.1) is 17.9 Å². The molecule has 3 amide bonds. The van der Waals surface area contributed by atoms with Gasteiger partial charge in [0.1, 0.15) is 46.8 Å². The third kappa shape index (κ3) is 9.74. The molecule has 3 fully saturated rings. The number of carbonyl (C=O) groups excluding carboxylic acids is 3.